The summed E-state index contributed by atoms with van der Waals surface area (Å²) in [5.74, 6) is 0.639. The third kappa shape index (κ3) is 3.58. The van der Waals surface area contributed by atoms with E-state index < -0.39 is 0 Å². The van der Waals surface area contributed by atoms with Gasteiger partial charge in [0, 0.05) is 6.54 Å². The van der Waals surface area contributed by atoms with E-state index in [2.05, 4.69) is 25.7 Å². The largest absolute Gasteiger partial charge is 0.330 e. The molecule has 1 fully saturated rings. The van der Waals surface area contributed by atoms with Crippen LogP contribution in [-0.2, 0) is 0 Å². The molecular weight excluding hydrogens is 172 g/mol. The summed E-state index contributed by atoms with van der Waals surface area (Å²) in [4.78, 5) is 2.59. The zero-order valence-corrected chi connectivity index (χ0v) is 10.1. The minimum Gasteiger partial charge on any atom is -0.330 e. The van der Waals surface area contributed by atoms with Crippen LogP contribution in [0.25, 0.3) is 0 Å². The van der Waals surface area contributed by atoms with Crippen LogP contribution in [0.5, 0.6) is 0 Å². The zero-order valence-electron chi connectivity index (χ0n) is 10.1. The van der Waals surface area contributed by atoms with Gasteiger partial charge in [-0.15, -0.1) is 0 Å². The Morgan fingerprint density at radius 3 is 2.14 bits per heavy atom. The zero-order chi connectivity index (χ0) is 10.6. The topological polar surface area (TPSA) is 29.3 Å². The number of piperidine rings is 1. The molecule has 84 valence electrons. The summed E-state index contributed by atoms with van der Waals surface area (Å²) in [6, 6.07) is 0. The molecular formula is C12H26N2. The monoisotopic (exact) mass is 198 g/mol. The van der Waals surface area contributed by atoms with Gasteiger partial charge in [-0.3, -0.25) is 0 Å². The summed E-state index contributed by atoms with van der Waals surface area (Å²) in [6.07, 6.45) is 4.17. The molecule has 0 aliphatic carbocycles. The molecule has 1 aliphatic rings. The Morgan fingerprint density at radius 2 is 1.71 bits per heavy atom. The van der Waals surface area contributed by atoms with E-state index in [1.807, 2.05) is 0 Å². The van der Waals surface area contributed by atoms with E-state index in [1.165, 1.54) is 38.9 Å². The average Bonchev–Trinajstić information content (AvgIpc) is 2.14. The van der Waals surface area contributed by atoms with Crippen molar-refractivity contribution in [3.05, 3.63) is 0 Å². The molecule has 0 amide bonds. The molecule has 0 spiro atoms. The van der Waals surface area contributed by atoms with Crippen molar-refractivity contribution in [2.45, 2.75) is 40.0 Å². The smallest absolute Gasteiger partial charge is 0.00267 e. The first kappa shape index (κ1) is 12.0. The lowest BCUT2D eigenvalue weighted by Crippen LogP contribution is -2.41. The molecule has 0 aromatic rings. The molecule has 0 bridgehead atoms. The van der Waals surface area contributed by atoms with Crippen LogP contribution in [0.1, 0.15) is 40.0 Å². The predicted molar refractivity (Wildman–Crippen MR) is 62.3 cm³/mol. The summed E-state index contributed by atoms with van der Waals surface area (Å²) in [7, 11) is 0. The van der Waals surface area contributed by atoms with Crippen molar-refractivity contribution in [3.63, 3.8) is 0 Å². The highest BCUT2D eigenvalue weighted by Crippen LogP contribution is 2.26. The van der Waals surface area contributed by atoms with Crippen LogP contribution in [0, 0.1) is 11.3 Å². The van der Waals surface area contributed by atoms with Crippen LogP contribution in [0.15, 0.2) is 0 Å². The highest BCUT2D eigenvalue weighted by molar-refractivity contribution is 4.79. The van der Waals surface area contributed by atoms with Crippen molar-refractivity contribution < 1.29 is 0 Å². The first-order chi connectivity index (χ1) is 6.54. The minimum absolute atomic E-state index is 0.353. The molecule has 1 saturated heterocycles. The quantitative estimate of drug-likeness (QED) is 0.752. The van der Waals surface area contributed by atoms with Crippen LogP contribution in [0.4, 0.5) is 0 Å². The van der Waals surface area contributed by atoms with Gasteiger partial charge in [0.15, 0.2) is 0 Å². The Morgan fingerprint density at radius 1 is 1.14 bits per heavy atom. The van der Waals surface area contributed by atoms with Crippen LogP contribution < -0.4 is 5.73 Å². The molecule has 2 N–H and O–H groups in total. The van der Waals surface area contributed by atoms with Crippen LogP contribution >= 0.6 is 0 Å². The lowest BCUT2D eigenvalue weighted by molar-refractivity contribution is 0.136. The number of likely N-dealkylation sites (tertiary alicyclic amines) is 1. The second-order valence-corrected chi connectivity index (χ2v) is 5.66. The van der Waals surface area contributed by atoms with Gasteiger partial charge in [-0.05, 0) is 43.8 Å². The van der Waals surface area contributed by atoms with Crippen LogP contribution in [-0.4, -0.2) is 31.1 Å². The Bertz CT molecular complexity index is 154. The Balaban J connectivity index is 2.39. The fourth-order valence-corrected chi connectivity index (χ4v) is 2.16. The molecule has 1 atom stereocenters. The number of hydrogen-bond donors (Lipinski definition) is 1. The summed E-state index contributed by atoms with van der Waals surface area (Å²) in [6.45, 7) is 11.5. The highest BCUT2D eigenvalue weighted by Gasteiger charge is 2.25. The van der Waals surface area contributed by atoms with Crippen molar-refractivity contribution in [3.8, 4) is 0 Å². The third-order valence-electron chi connectivity index (χ3n) is 3.44. The van der Waals surface area contributed by atoms with E-state index in [0.717, 1.165) is 6.54 Å². The van der Waals surface area contributed by atoms with Gasteiger partial charge in [-0.25, -0.2) is 0 Å². The molecule has 0 radical (unpaired) electrons. The summed E-state index contributed by atoms with van der Waals surface area (Å²) in [5, 5.41) is 0. The minimum atomic E-state index is 0.353. The highest BCUT2D eigenvalue weighted by atomic mass is 15.1. The SMILES string of the molecule is CC(C)(C)C(CN)CN1CCCCC1. The van der Waals surface area contributed by atoms with Crippen molar-refractivity contribution in [2.75, 3.05) is 26.2 Å². The average molecular weight is 198 g/mol. The van der Waals surface area contributed by atoms with Crippen molar-refractivity contribution in [1.82, 2.24) is 4.90 Å². The third-order valence-corrected chi connectivity index (χ3v) is 3.44. The van der Waals surface area contributed by atoms with Gasteiger partial charge in [0.05, 0.1) is 0 Å². The maximum Gasteiger partial charge on any atom is 0.00267 e. The fraction of sp³-hybridized carbons (Fsp3) is 1.00. The molecule has 1 aliphatic heterocycles. The van der Waals surface area contributed by atoms with E-state index in [1.54, 1.807) is 0 Å². The maximum atomic E-state index is 5.85. The summed E-state index contributed by atoms with van der Waals surface area (Å²) < 4.78 is 0. The molecule has 2 nitrogen and oxygen atoms in total. The van der Waals surface area contributed by atoms with Gasteiger partial charge in [0.1, 0.15) is 0 Å². The Labute approximate surface area is 88.8 Å². The molecule has 1 rings (SSSR count). The van der Waals surface area contributed by atoms with Crippen molar-refractivity contribution in [1.29, 1.82) is 0 Å². The standard InChI is InChI=1S/C12H26N2/c1-12(2,3)11(9-13)10-14-7-5-4-6-8-14/h11H,4-10,13H2,1-3H3. The summed E-state index contributed by atoms with van der Waals surface area (Å²) >= 11 is 0. The van der Waals surface area contributed by atoms with E-state index in [9.17, 15) is 0 Å². The first-order valence-corrected chi connectivity index (χ1v) is 5.96. The first-order valence-electron chi connectivity index (χ1n) is 5.96. The molecule has 0 saturated carbocycles. The number of hydrogen-bond acceptors (Lipinski definition) is 2. The van der Waals surface area contributed by atoms with Gasteiger partial charge in [-0.2, -0.15) is 0 Å². The lowest BCUT2D eigenvalue weighted by atomic mass is 9.80. The van der Waals surface area contributed by atoms with E-state index >= 15 is 0 Å². The molecule has 1 heterocycles. The molecule has 1 unspecified atom stereocenters. The second-order valence-electron chi connectivity index (χ2n) is 5.66. The van der Waals surface area contributed by atoms with Gasteiger partial charge < -0.3 is 10.6 Å². The normalized spacial score (nSPS) is 22.3. The summed E-state index contributed by atoms with van der Waals surface area (Å²) in [5.41, 5.74) is 6.20. The van der Waals surface area contributed by atoms with E-state index in [4.69, 9.17) is 5.73 Å². The number of rotatable bonds is 3. The van der Waals surface area contributed by atoms with Crippen molar-refractivity contribution >= 4 is 0 Å². The van der Waals surface area contributed by atoms with Gasteiger partial charge >= 0.3 is 0 Å². The van der Waals surface area contributed by atoms with Crippen LogP contribution in [0.2, 0.25) is 0 Å². The lowest BCUT2D eigenvalue weighted by Gasteiger charge is -2.36. The molecule has 14 heavy (non-hydrogen) atoms. The fourth-order valence-electron chi connectivity index (χ4n) is 2.16. The maximum absolute atomic E-state index is 5.85. The number of nitrogens with zero attached hydrogens (tertiary/aromatic N) is 1. The predicted octanol–water partition coefficient (Wildman–Crippen LogP) is 2.09. The molecule has 0 aromatic carbocycles. The molecule has 2 heteroatoms. The van der Waals surface area contributed by atoms with E-state index in [0.29, 0.717) is 11.3 Å². The van der Waals surface area contributed by atoms with Gasteiger partial charge in [0.25, 0.3) is 0 Å². The van der Waals surface area contributed by atoms with Crippen LogP contribution in [0.3, 0.4) is 0 Å². The van der Waals surface area contributed by atoms with Gasteiger partial charge in [0.2, 0.25) is 0 Å². The number of nitrogens with two attached hydrogens (primary N) is 1. The van der Waals surface area contributed by atoms with Crippen molar-refractivity contribution in [2.24, 2.45) is 17.1 Å². The van der Waals surface area contributed by atoms with Gasteiger partial charge in [-0.1, -0.05) is 27.2 Å². The second kappa shape index (κ2) is 5.13. The molecule has 0 aromatic heterocycles. The van der Waals surface area contributed by atoms with E-state index in [-0.39, 0.29) is 0 Å². The Hall–Kier alpha value is -0.0800. The Kier molecular flexibility index (Phi) is 4.39.